The van der Waals surface area contributed by atoms with E-state index in [1.165, 1.54) is 5.56 Å². The van der Waals surface area contributed by atoms with Crippen LogP contribution in [0.25, 0.3) is 0 Å². The highest BCUT2D eigenvalue weighted by molar-refractivity contribution is 14.0. The quantitative estimate of drug-likeness (QED) is 0.254. The summed E-state index contributed by atoms with van der Waals surface area (Å²) >= 11 is 0. The zero-order chi connectivity index (χ0) is 20.9. The molecule has 3 N–H and O–H groups in total. The first-order valence-electron chi connectivity index (χ1n) is 10.2. The van der Waals surface area contributed by atoms with Crippen molar-refractivity contribution in [2.24, 2.45) is 4.99 Å². The van der Waals surface area contributed by atoms with Crippen LogP contribution >= 0.6 is 24.0 Å². The Morgan fingerprint density at radius 1 is 0.933 bits per heavy atom. The summed E-state index contributed by atoms with van der Waals surface area (Å²) < 4.78 is 0. The van der Waals surface area contributed by atoms with Gasteiger partial charge < -0.3 is 16.0 Å². The van der Waals surface area contributed by atoms with Gasteiger partial charge in [0, 0.05) is 20.1 Å². The number of nitrogens with zero attached hydrogens (tertiary/aromatic N) is 2. The molecule has 2 aromatic carbocycles. The predicted molar refractivity (Wildman–Crippen MR) is 135 cm³/mol. The minimum Gasteiger partial charge on any atom is -0.354 e. The van der Waals surface area contributed by atoms with Gasteiger partial charge in [0.2, 0.25) is 5.91 Å². The van der Waals surface area contributed by atoms with Gasteiger partial charge in [0.05, 0.1) is 12.6 Å². The van der Waals surface area contributed by atoms with Gasteiger partial charge >= 0.3 is 0 Å². The van der Waals surface area contributed by atoms with Crippen molar-refractivity contribution < 1.29 is 4.79 Å². The van der Waals surface area contributed by atoms with Crippen LogP contribution < -0.4 is 16.0 Å². The molecule has 0 saturated heterocycles. The molecule has 1 amide bonds. The molecule has 1 unspecified atom stereocenters. The molecular formula is C23H34IN5O. The van der Waals surface area contributed by atoms with Crippen LogP contribution in [0.1, 0.15) is 31.0 Å². The number of hydrogen-bond donors (Lipinski definition) is 3. The van der Waals surface area contributed by atoms with Gasteiger partial charge in [-0.05, 0) is 24.2 Å². The molecule has 30 heavy (non-hydrogen) atoms. The van der Waals surface area contributed by atoms with Crippen molar-refractivity contribution in [2.45, 2.75) is 26.4 Å². The number of hydrogen-bond acceptors (Lipinski definition) is 3. The van der Waals surface area contributed by atoms with E-state index in [9.17, 15) is 4.79 Å². The largest absolute Gasteiger partial charge is 0.354 e. The lowest BCUT2D eigenvalue weighted by molar-refractivity contribution is -0.120. The molecule has 0 aliphatic rings. The lowest BCUT2D eigenvalue weighted by Gasteiger charge is -2.30. The maximum absolute atomic E-state index is 12.1. The molecule has 164 valence electrons. The van der Waals surface area contributed by atoms with Crippen LogP contribution in [0.2, 0.25) is 0 Å². The highest BCUT2D eigenvalue weighted by Gasteiger charge is 2.18. The van der Waals surface area contributed by atoms with Crippen molar-refractivity contribution in [2.75, 3.05) is 33.2 Å². The fraction of sp³-hybridized carbons (Fsp3) is 0.391. The summed E-state index contributed by atoms with van der Waals surface area (Å²) in [6, 6.07) is 20.6. The second-order valence-corrected chi connectivity index (χ2v) is 6.72. The molecule has 7 heteroatoms. The minimum atomic E-state index is -0.0693. The highest BCUT2D eigenvalue weighted by atomic mass is 127. The van der Waals surface area contributed by atoms with Crippen molar-refractivity contribution in [3.63, 3.8) is 0 Å². The number of amides is 1. The van der Waals surface area contributed by atoms with Crippen molar-refractivity contribution >= 4 is 35.8 Å². The Bertz CT molecular complexity index is 751. The van der Waals surface area contributed by atoms with E-state index in [2.05, 4.69) is 64.0 Å². The van der Waals surface area contributed by atoms with Gasteiger partial charge in [-0.25, -0.2) is 0 Å². The zero-order valence-electron chi connectivity index (χ0n) is 18.1. The summed E-state index contributed by atoms with van der Waals surface area (Å²) in [5.41, 5.74) is 2.34. The van der Waals surface area contributed by atoms with Crippen LogP contribution in [0.15, 0.2) is 65.7 Å². The van der Waals surface area contributed by atoms with E-state index < -0.39 is 0 Å². The van der Waals surface area contributed by atoms with E-state index in [0.717, 1.165) is 18.7 Å². The Morgan fingerprint density at radius 2 is 1.53 bits per heavy atom. The van der Waals surface area contributed by atoms with Gasteiger partial charge in [-0.15, -0.1) is 24.0 Å². The molecule has 0 fully saturated rings. The van der Waals surface area contributed by atoms with Crippen LogP contribution in [-0.2, 0) is 11.3 Å². The van der Waals surface area contributed by atoms with Crippen molar-refractivity contribution in [3.8, 4) is 0 Å². The Hall–Kier alpha value is -2.13. The van der Waals surface area contributed by atoms with Crippen LogP contribution in [0, 0.1) is 0 Å². The van der Waals surface area contributed by atoms with Gasteiger partial charge in [0.1, 0.15) is 0 Å². The number of guanidine groups is 1. The molecular weight excluding hydrogens is 489 g/mol. The number of rotatable bonds is 10. The van der Waals surface area contributed by atoms with Crippen LogP contribution in [0.4, 0.5) is 0 Å². The Morgan fingerprint density at radius 3 is 2.10 bits per heavy atom. The third-order valence-electron chi connectivity index (χ3n) is 4.87. The van der Waals surface area contributed by atoms with E-state index in [-0.39, 0.29) is 42.5 Å². The van der Waals surface area contributed by atoms with Crippen molar-refractivity contribution in [1.29, 1.82) is 0 Å². The molecule has 0 spiro atoms. The van der Waals surface area contributed by atoms with Gasteiger partial charge in [0.25, 0.3) is 0 Å². The summed E-state index contributed by atoms with van der Waals surface area (Å²) in [6.07, 6.45) is 0. The van der Waals surface area contributed by atoms with Gasteiger partial charge in [-0.3, -0.25) is 14.7 Å². The number of nitrogens with one attached hydrogen (secondary N) is 3. The fourth-order valence-electron chi connectivity index (χ4n) is 3.23. The van der Waals surface area contributed by atoms with Gasteiger partial charge in [-0.2, -0.15) is 0 Å². The summed E-state index contributed by atoms with van der Waals surface area (Å²) in [7, 11) is 1.71. The van der Waals surface area contributed by atoms with E-state index in [1.807, 2.05) is 36.4 Å². The number of benzene rings is 2. The lowest BCUT2D eigenvalue weighted by Crippen LogP contribution is -2.46. The Kier molecular flexibility index (Phi) is 12.8. The molecule has 0 radical (unpaired) electrons. The molecule has 2 aromatic rings. The van der Waals surface area contributed by atoms with E-state index >= 15 is 0 Å². The van der Waals surface area contributed by atoms with Gasteiger partial charge in [-0.1, -0.05) is 74.5 Å². The Labute approximate surface area is 197 Å². The van der Waals surface area contributed by atoms with Crippen LogP contribution in [-0.4, -0.2) is 50.0 Å². The number of carbonyl (C=O) groups excluding carboxylic acids is 1. The molecule has 0 saturated carbocycles. The Balaban J connectivity index is 0.00000450. The van der Waals surface area contributed by atoms with Crippen molar-refractivity contribution in [3.05, 3.63) is 71.8 Å². The third kappa shape index (κ3) is 8.71. The number of likely N-dealkylation sites (N-methyl/N-ethyl adjacent to an activating group) is 1. The lowest BCUT2D eigenvalue weighted by atomic mass is 10.1. The van der Waals surface area contributed by atoms with Crippen LogP contribution in [0.5, 0.6) is 0 Å². The molecule has 0 aromatic heterocycles. The molecule has 0 aliphatic carbocycles. The minimum absolute atomic E-state index is 0. The van der Waals surface area contributed by atoms with E-state index in [4.69, 9.17) is 0 Å². The number of aliphatic imine (C=N–C) groups is 1. The third-order valence-corrected chi connectivity index (χ3v) is 4.87. The molecule has 1 atom stereocenters. The highest BCUT2D eigenvalue weighted by Crippen LogP contribution is 2.19. The molecule has 0 heterocycles. The van der Waals surface area contributed by atoms with Gasteiger partial charge in [0.15, 0.2) is 5.96 Å². The topological polar surface area (TPSA) is 68.8 Å². The first-order valence-corrected chi connectivity index (χ1v) is 10.2. The molecule has 0 aliphatic heterocycles. The zero-order valence-corrected chi connectivity index (χ0v) is 20.4. The monoisotopic (exact) mass is 523 g/mol. The second kappa shape index (κ2) is 14.8. The van der Waals surface area contributed by atoms with Crippen molar-refractivity contribution in [1.82, 2.24) is 20.9 Å². The SMILES string of the molecule is CCN(CC)C(CNC(=NC)NCC(=O)NCc1ccccc1)c1ccccc1.I. The summed E-state index contributed by atoms with van der Waals surface area (Å²) in [6.45, 7) is 7.67. The standard InChI is InChI=1S/C23H33N5O.HI/c1-4-28(5-2)21(20-14-10-7-11-15-20)17-26-23(24-3)27-18-22(29)25-16-19-12-8-6-9-13-19;/h6-15,21H,4-5,16-18H2,1-3H3,(H,25,29)(H2,24,26,27);1H. The molecule has 0 bridgehead atoms. The second-order valence-electron chi connectivity index (χ2n) is 6.72. The summed E-state index contributed by atoms with van der Waals surface area (Å²) in [4.78, 5) is 18.8. The maximum Gasteiger partial charge on any atom is 0.239 e. The summed E-state index contributed by atoms with van der Waals surface area (Å²) in [5, 5.41) is 9.37. The summed E-state index contributed by atoms with van der Waals surface area (Å²) in [5.74, 6) is 0.549. The fourth-order valence-corrected chi connectivity index (χ4v) is 3.23. The first-order chi connectivity index (χ1) is 14.2. The van der Waals surface area contributed by atoms with E-state index in [1.54, 1.807) is 7.05 Å². The molecule has 6 nitrogen and oxygen atoms in total. The molecule has 2 rings (SSSR count). The van der Waals surface area contributed by atoms with Crippen LogP contribution in [0.3, 0.4) is 0 Å². The normalized spacial score (nSPS) is 12.1. The maximum atomic E-state index is 12.1. The predicted octanol–water partition coefficient (Wildman–Crippen LogP) is 3.17. The number of halogens is 1. The van der Waals surface area contributed by atoms with E-state index in [0.29, 0.717) is 19.0 Å². The average Bonchev–Trinajstić information content (AvgIpc) is 2.78. The average molecular weight is 523 g/mol. The number of carbonyl (C=O) groups is 1. The first kappa shape index (κ1) is 25.9. The smallest absolute Gasteiger partial charge is 0.239 e.